The summed E-state index contributed by atoms with van der Waals surface area (Å²) >= 11 is 2.78. The molecule has 1 atom stereocenters. The largest absolute Gasteiger partial charge is 0.495 e. The Kier molecular flexibility index (Phi) is 6.53. The molecule has 0 aliphatic carbocycles. The first-order valence-electron chi connectivity index (χ1n) is 8.74. The maximum absolute atomic E-state index is 12.5. The number of rotatable bonds is 7. The summed E-state index contributed by atoms with van der Waals surface area (Å²) in [6, 6.07) is 13.6. The van der Waals surface area contributed by atoms with Crippen molar-refractivity contribution in [3.8, 4) is 5.75 Å². The van der Waals surface area contributed by atoms with Crippen LogP contribution in [0.25, 0.3) is 0 Å². The summed E-state index contributed by atoms with van der Waals surface area (Å²) in [5, 5.41) is 14.9. The summed E-state index contributed by atoms with van der Waals surface area (Å²) in [7, 11) is 1.62. The average molecular weight is 415 g/mol. The fourth-order valence-electron chi connectivity index (χ4n) is 2.56. The summed E-state index contributed by atoms with van der Waals surface area (Å²) in [6.45, 7) is 5.88. The fourth-order valence-corrected chi connectivity index (χ4v) is 4.47. The lowest BCUT2D eigenvalue weighted by molar-refractivity contribution is -0.115. The second-order valence-corrected chi connectivity index (χ2v) is 8.83. The van der Waals surface area contributed by atoms with Crippen molar-refractivity contribution in [2.75, 3.05) is 17.7 Å². The molecule has 6 nitrogen and oxygen atoms in total. The lowest BCUT2D eigenvalue weighted by Gasteiger charge is -2.12. The molecule has 2 N–H and O–H groups in total. The van der Waals surface area contributed by atoms with Crippen molar-refractivity contribution in [1.29, 1.82) is 0 Å². The van der Waals surface area contributed by atoms with E-state index in [9.17, 15) is 4.79 Å². The fraction of sp³-hybridized carbons (Fsp3) is 0.250. The molecule has 0 fully saturated rings. The summed E-state index contributed by atoms with van der Waals surface area (Å²) < 4.78 is 6.05. The van der Waals surface area contributed by atoms with Gasteiger partial charge in [0.25, 0.3) is 0 Å². The minimum atomic E-state index is -0.298. The summed E-state index contributed by atoms with van der Waals surface area (Å²) in [6.07, 6.45) is 0. The van der Waals surface area contributed by atoms with Crippen LogP contribution in [0.1, 0.15) is 18.1 Å². The highest BCUT2D eigenvalue weighted by Gasteiger charge is 2.18. The van der Waals surface area contributed by atoms with Crippen LogP contribution in [0, 0.1) is 13.8 Å². The van der Waals surface area contributed by atoms with Gasteiger partial charge in [-0.3, -0.25) is 4.79 Å². The van der Waals surface area contributed by atoms with Crippen molar-refractivity contribution in [2.24, 2.45) is 0 Å². The lowest BCUT2D eigenvalue weighted by Crippen LogP contribution is -2.22. The van der Waals surface area contributed by atoms with E-state index in [4.69, 9.17) is 4.74 Å². The Balaban J connectivity index is 1.61. The number of amides is 1. The number of hydrogen-bond acceptors (Lipinski definition) is 7. The SMILES string of the molecule is COc1ccccc1Nc1nnc(SC(C)C(=O)Nc2ccc(C)cc2C)s1. The van der Waals surface area contributed by atoms with Gasteiger partial charge in [0.15, 0.2) is 4.34 Å². The first-order chi connectivity index (χ1) is 13.5. The molecular weight excluding hydrogens is 392 g/mol. The number of anilines is 3. The van der Waals surface area contributed by atoms with Crippen molar-refractivity contribution in [3.63, 3.8) is 0 Å². The molecule has 0 aliphatic heterocycles. The molecule has 0 radical (unpaired) electrons. The van der Waals surface area contributed by atoms with E-state index in [1.807, 2.05) is 63.2 Å². The molecule has 0 bridgehead atoms. The van der Waals surface area contributed by atoms with E-state index in [0.29, 0.717) is 5.13 Å². The van der Waals surface area contributed by atoms with E-state index in [0.717, 1.165) is 27.0 Å². The molecule has 8 heteroatoms. The zero-order valence-corrected chi connectivity index (χ0v) is 17.8. The van der Waals surface area contributed by atoms with E-state index in [1.165, 1.54) is 28.7 Å². The molecule has 1 amide bonds. The summed E-state index contributed by atoms with van der Waals surface area (Å²) in [5.41, 5.74) is 3.86. The molecule has 3 rings (SSSR count). The minimum Gasteiger partial charge on any atom is -0.495 e. The molecule has 1 heterocycles. The highest BCUT2D eigenvalue weighted by Crippen LogP contribution is 2.33. The molecule has 0 saturated heterocycles. The quantitative estimate of drug-likeness (QED) is 0.528. The van der Waals surface area contributed by atoms with Gasteiger partial charge in [0.1, 0.15) is 5.75 Å². The van der Waals surface area contributed by atoms with Crippen LogP contribution in [0.15, 0.2) is 46.8 Å². The third kappa shape index (κ3) is 5.02. The summed E-state index contributed by atoms with van der Waals surface area (Å²) in [5.74, 6) is 0.666. The number of thioether (sulfide) groups is 1. The van der Waals surface area contributed by atoms with Crippen LogP contribution >= 0.6 is 23.1 Å². The second-order valence-electron chi connectivity index (χ2n) is 6.27. The van der Waals surface area contributed by atoms with Gasteiger partial charge in [-0.25, -0.2) is 0 Å². The van der Waals surface area contributed by atoms with Crippen molar-refractivity contribution in [1.82, 2.24) is 10.2 Å². The Morgan fingerprint density at radius 2 is 1.93 bits per heavy atom. The first kappa shape index (κ1) is 20.2. The standard InChI is InChI=1S/C20H22N4O2S2/c1-12-9-10-15(13(2)11-12)21-18(25)14(3)27-20-24-23-19(28-20)22-16-7-5-6-8-17(16)26-4/h5-11,14H,1-4H3,(H,21,25)(H,22,23). The Labute approximate surface area is 172 Å². The third-order valence-corrected chi connectivity index (χ3v) is 6.06. The number of carbonyl (C=O) groups is 1. The Bertz CT molecular complexity index is 974. The van der Waals surface area contributed by atoms with Crippen LogP contribution in [0.2, 0.25) is 0 Å². The van der Waals surface area contributed by atoms with Crippen LogP contribution in [-0.2, 0) is 4.79 Å². The highest BCUT2D eigenvalue weighted by molar-refractivity contribution is 8.02. The zero-order valence-electron chi connectivity index (χ0n) is 16.1. The van der Waals surface area contributed by atoms with Crippen LogP contribution in [-0.4, -0.2) is 28.5 Å². The van der Waals surface area contributed by atoms with Gasteiger partial charge in [-0.05, 0) is 44.5 Å². The molecule has 0 spiro atoms. The highest BCUT2D eigenvalue weighted by atomic mass is 32.2. The molecule has 146 valence electrons. The number of benzene rings is 2. The van der Waals surface area contributed by atoms with Crippen molar-refractivity contribution < 1.29 is 9.53 Å². The van der Waals surface area contributed by atoms with Gasteiger partial charge >= 0.3 is 0 Å². The number of nitrogens with one attached hydrogen (secondary N) is 2. The van der Waals surface area contributed by atoms with Crippen LogP contribution < -0.4 is 15.4 Å². The predicted molar refractivity (Wildman–Crippen MR) is 116 cm³/mol. The molecule has 28 heavy (non-hydrogen) atoms. The van der Waals surface area contributed by atoms with Gasteiger partial charge in [0, 0.05) is 5.69 Å². The number of ether oxygens (including phenoxy) is 1. The van der Waals surface area contributed by atoms with Crippen LogP contribution in [0.5, 0.6) is 5.75 Å². The number of para-hydroxylation sites is 2. The van der Waals surface area contributed by atoms with Crippen LogP contribution in [0.3, 0.4) is 0 Å². The van der Waals surface area contributed by atoms with Crippen molar-refractivity contribution in [2.45, 2.75) is 30.4 Å². The minimum absolute atomic E-state index is 0.0635. The number of aryl methyl sites for hydroxylation is 2. The first-order valence-corrected chi connectivity index (χ1v) is 10.4. The maximum atomic E-state index is 12.5. The zero-order chi connectivity index (χ0) is 20.1. The number of methoxy groups -OCH3 is 1. The molecular formula is C20H22N4O2S2. The maximum Gasteiger partial charge on any atom is 0.237 e. The van der Waals surface area contributed by atoms with E-state index < -0.39 is 0 Å². The van der Waals surface area contributed by atoms with Crippen molar-refractivity contribution >= 4 is 45.5 Å². The number of carbonyl (C=O) groups excluding carboxylic acids is 1. The normalized spacial score (nSPS) is 11.7. The van der Waals surface area contributed by atoms with Gasteiger partial charge < -0.3 is 15.4 Å². The molecule has 1 aromatic heterocycles. The number of aromatic nitrogens is 2. The van der Waals surface area contributed by atoms with Gasteiger partial charge in [-0.2, -0.15) is 0 Å². The number of nitrogens with zero attached hydrogens (tertiary/aromatic N) is 2. The van der Waals surface area contributed by atoms with E-state index in [2.05, 4.69) is 20.8 Å². The molecule has 2 aromatic carbocycles. The van der Waals surface area contributed by atoms with Gasteiger partial charge in [-0.1, -0.05) is 52.9 Å². The lowest BCUT2D eigenvalue weighted by atomic mass is 10.1. The molecule has 0 saturated carbocycles. The summed E-state index contributed by atoms with van der Waals surface area (Å²) in [4.78, 5) is 12.5. The third-order valence-electron chi connectivity index (χ3n) is 4.04. The van der Waals surface area contributed by atoms with Crippen LogP contribution in [0.4, 0.5) is 16.5 Å². The molecule has 0 aliphatic rings. The number of hydrogen-bond donors (Lipinski definition) is 2. The molecule has 1 unspecified atom stereocenters. The smallest absolute Gasteiger partial charge is 0.237 e. The second kappa shape index (κ2) is 9.07. The predicted octanol–water partition coefficient (Wildman–Crippen LogP) is 5.03. The molecule has 3 aromatic rings. The van der Waals surface area contributed by atoms with Gasteiger partial charge in [0.2, 0.25) is 11.0 Å². The average Bonchev–Trinajstić information content (AvgIpc) is 3.11. The van der Waals surface area contributed by atoms with E-state index in [-0.39, 0.29) is 11.2 Å². The topological polar surface area (TPSA) is 76.1 Å². The Hall–Kier alpha value is -2.58. The van der Waals surface area contributed by atoms with Gasteiger partial charge in [0.05, 0.1) is 18.0 Å². The van der Waals surface area contributed by atoms with Gasteiger partial charge in [-0.15, -0.1) is 10.2 Å². The monoisotopic (exact) mass is 414 g/mol. The Morgan fingerprint density at radius 3 is 2.68 bits per heavy atom. The Morgan fingerprint density at radius 1 is 1.14 bits per heavy atom. The van der Waals surface area contributed by atoms with E-state index >= 15 is 0 Å². The van der Waals surface area contributed by atoms with E-state index in [1.54, 1.807) is 7.11 Å². The van der Waals surface area contributed by atoms with Crippen molar-refractivity contribution in [3.05, 3.63) is 53.6 Å².